The summed E-state index contributed by atoms with van der Waals surface area (Å²) in [6.07, 6.45) is 3.04. The van der Waals surface area contributed by atoms with Gasteiger partial charge in [0.2, 0.25) is 0 Å². The molecule has 0 spiro atoms. The molecule has 1 unspecified atom stereocenters. The van der Waals surface area contributed by atoms with Crippen LogP contribution in [0.25, 0.3) is 0 Å². The van der Waals surface area contributed by atoms with Gasteiger partial charge < -0.3 is 0 Å². The molecule has 0 aromatic rings. The van der Waals surface area contributed by atoms with E-state index >= 15 is 0 Å². The van der Waals surface area contributed by atoms with Crippen LogP contribution >= 0.6 is 15.9 Å². The normalized spacial score (nSPS) is 12.2. The Labute approximate surface area is 59.4 Å². The number of hydrogen-bond acceptors (Lipinski definition) is 0. The Bertz CT molecular complexity index is 90.6. The molecule has 0 bridgehead atoms. The van der Waals surface area contributed by atoms with E-state index in [1.165, 1.54) is 0 Å². The Kier molecular flexibility index (Phi) is 5.14. The first-order valence-corrected chi connectivity index (χ1v) is 3.83. The third kappa shape index (κ3) is 4.17. The van der Waals surface area contributed by atoms with Crippen LogP contribution in [0.4, 0.5) is 0 Å². The fourth-order valence-electron chi connectivity index (χ4n) is 0.348. The highest BCUT2D eigenvalue weighted by Crippen LogP contribution is 2.04. The molecule has 0 radical (unpaired) electrons. The van der Waals surface area contributed by atoms with Gasteiger partial charge in [-0.05, 0) is 18.4 Å². The summed E-state index contributed by atoms with van der Waals surface area (Å²) in [4.78, 5) is 0. The Morgan fingerprint density at radius 1 is 1.88 bits per heavy atom. The molecule has 0 aromatic carbocycles. The van der Waals surface area contributed by atoms with E-state index < -0.39 is 0 Å². The first-order valence-electron chi connectivity index (χ1n) is 2.71. The maximum atomic E-state index is 3.47. The molecule has 0 fully saturated rings. The molecule has 0 aromatic heterocycles. The quantitative estimate of drug-likeness (QED) is 0.457. The fourth-order valence-corrected chi connectivity index (χ4v) is 0.612. The first-order chi connectivity index (χ1) is 3.81. The van der Waals surface area contributed by atoms with E-state index in [9.17, 15) is 0 Å². The highest BCUT2D eigenvalue weighted by Gasteiger charge is 1.92. The summed E-state index contributed by atoms with van der Waals surface area (Å²) >= 11 is 3.38. The van der Waals surface area contributed by atoms with Crippen molar-refractivity contribution in [3.8, 4) is 0 Å². The zero-order chi connectivity index (χ0) is 6.41. The molecule has 1 atom stereocenters. The number of allylic oxidation sites excluding steroid dienone is 1. The molecule has 0 rings (SSSR count). The largest absolute Gasteiger partial charge is 0.133 e. The summed E-state index contributed by atoms with van der Waals surface area (Å²) in [7, 11) is 0. The number of alkyl halides is 1. The summed E-state index contributed by atoms with van der Waals surface area (Å²) in [6, 6.07) is 0. The molecular weight excluding hydrogens is 164 g/mol. The molecule has 0 aliphatic heterocycles. The predicted molar refractivity (Wildman–Crippen MR) is 41.3 cm³/mol. The Morgan fingerprint density at radius 3 is 2.88 bits per heavy atom. The van der Waals surface area contributed by atoms with E-state index in [2.05, 4.69) is 35.2 Å². The summed E-state index contributed by atoms with van der Waals surface area (Å²) in [5.41, 5.74) is 2.74. The molecule has 0 aliphatic rings. The van der Waals surface area contributed by atoms with Crippen LogP contribution in [0.1, 0.15) is 13.3 Å². The Hall–Kier alpha value is 0. The molecule has 0 aliphatic carbocycles. The molecule has 0 saturated carbocycles. The van der Waals surface area contributed by atoms with Gasteiger partial charge in [-0.25, -0.2) is 0 Å². The average molecular weight is 175 g/mol. The lowest BCUT2D eigenvalue weighted by Crippen LogP contribution is -1.90. The van der Waals surface area contributed by atoms with Crippen molar-refractivity contribution in [3.05, 3.63) is 18.4 Å². The molecule has 0 N–H and O–H groups in total. The summed E-state index contributed by atoms with van der Waals surface area (Å²) < 4.78 is 0. The van der Waals surface area contributed by atoms with E-state index in [0.717, 1.165) is 11.8 Å². The van der Waals surface area contributed by atoms with E-state index in [1.54, 1.807) is 0 Å². The van der Waals surface area contributed by atoms with Gasteiger partial charge in [0, 0.05) is 5.33 Å². The lowest BCUT2D eigenvalue weighted by atomic mass is 10.1. The Balaban J connectivity index is 3.23. The van der Waals surface area contributed by atoms with Gasteiger partial charge in [-0.3, -0.25) is 0 Å². The number of halogens is 1. The number of hydrogen-bond donors (Lipinski definition) is 0. The zero-order valence-corrected chi connectivity index (χ0v) is 6.74. The molecular formula is C7H11Br. The molecule has 0 nitrogen and oxygen atoms in total. The molecule has 0 saturated heterocycles. The zero-order valence-electron chi connectivity index (χ0n) is 5.15. The third-order valence-corrected chi connectivity index (χ3v) is 2.03. The maximum absolute atomic E-state index is 3.47. The molecule has 1 heteroatoms. The maximum Gasteiger partial charge on any atom is 0.00602 e. The van der Waals surface area contributed by atoms with E-state index in [0.29, 0.717) is 5.92 Å². The minimum absolute atomic E-state index is 0.712. The van der Waals surface area contributed by atoms with Gasteiger partial charge >= 0.3 is 0 Å². The molecule has 0 amide bonds. The van der Waals surface area contributed by atoms with E-state index in [-0.39, 0.29) is 0 Å². The van der Waals surface area contributed by atoms with Crippen molar-refractivity contribution in [2.24, 2.45) is 5.92 Å². The fraction of sp³-hybridized carbons (Fsp3) is 0.571. The highest BCUT2D eigenvalue weighted by molar-refractivity contribution is 9.09. The van der Waals surface area contributed by atoms with E-state index in [1.807, 2.05) is 6.08 Å². The van der Waals surface area contributed by atoms with Crippen molar-refractivity contribution in [1.82, 2.24) is 0 Å². The van der Waals surface area contributed by atoms with Gasteiger partial charge in [-0.15, -0.1) is 5.73 Å². The predicted octanol–water partition coefficient (Wildman–Crippen LogP) is 2.75. The van der Waals surface area contributed by atoms with Gasteiger partial charge in [0.15, 0.2) is 0 Å². The van der Waals surface area contributed by atoms with Crippen molar-refractivity contribution in [1.29, 1.82) is 0 Å². The Morgan fingerprint density at radius 2 is 2.50 bits per heavy atom. The lowest BCUT2D eigenvalue weighted by molar-refractivity contribution is 0.681. The third-order valence-electron chi connectivity index (χ3n) is 0.928. The van der Waals surface area contributed by atoms with Crippen LogP contribution in [0, 0.1) is 5.92 Å². The number of rotatable bonds is 3. The van der Waals surface area contributed by atoms with Crippen molar-refractivity contribution < 1.29 is 0 Å². The van der Waals surface area contributed by atoms with E-state index in [4.69, 9.17) is 0 Å². The van der Waals surface area contributed by atoms with Crippen molar-refractivity contribution in [2.75, 3.05) is 5.33 Å². The summed E-state index contributed by atoms with van der Waals surface area (Å²) in [5, 5.41) is 1.06. The molecule has 46 valence electrons. The minimum Gasteiger partial charge on any atom is -0.133 e. The van der Waals surface area contributed by atoms with Gasteiger partial charge in [0.1, 0.15) is 0 Å². The van der Waals surface area contributed by atoms with Gasteiger partial charge in [0.25, 0.3) is 0 Å². The van der Waals surface area contributed by atoms with Crippen LogP contribution in [0.5, 0.6) is 0 Å². The van der Waals surface area contributed by atoms with Gasteiger partial charge in [0.05, 0.1) is 0 Å². The van der Waals surface area contributed by atoms with Crippen molar-refractivity contribution in [2.45, 2.75) is 13.3 Å². The van der Waals surface area contributed by atoms with Crippen molar-refractivity contribution in [3.63, 3.8) is 0 Å². The highest BCUT2D eigenvalue weighted by atomic mass is 79.9. The van der Waals surface area contributed by atoms with Gasteiger partial charge in [-0.1, -0.05) is 29.4 Å². The van der Waals surface area contributed by atoms with Crippen LogP contribution < -0.4 is 0 Å². The van der Waals surface area contributed by atoms with Crippen LogP contribution in [-0.4, -0.2) is 5.33 Å². The van der Waals surface area contributed by atoms with Crippen LogP contribution in [-0.2, 0) is 0 Å². The molecule has 0 heterocycles. The second-order valence-corrected chi connectivity index (χ2v) is 2.55. The standard InChI is InChI=1S/C7H11Br/c1-3-4-5-7(2)6-8/h4,7H,1,5-6H2,2H3. The average Bonchev–Trinajstić information content (AvgIpc) is 1.83. The van der Waals surface area contributed by atoms with Gasteiger partial charge in [-0.2, -0.15) is 0 Å². The SMILES string of the molecule is C=C=CCC(C)CBr. The monoisotopic (exact) mass is 174 g/mol. The van der Waals surface area contributed by atoms with Crippen LogP contribution in [0.15, 0.2) is 18.4 Å². The first kappa shape index (κ1) is 8.00. The topological polar surface area (TPSA) is 0 Å². The smallest absolute Gasteiger partial charge is 0.00602 e. The van der Waals surface area contributed by atoms with Crippen LogP contribution in [0.2, 0.25) is 0 Å². The summed E-state index contributed by atoms with van der Waals surface area (Å²) in [6.45, 7) is 5.65. The minimum atomic E-state index is 0.712. The van der Waals surface area contributed by atoms with Crippen LogP contribution in [0.3, 0.4) is 0 Å². The second-order valence-electron chi connectivity index (χ2n) is 1.90. The lowest BCUT2D eigenvalue weighted by Gasteiger charge is -1.98. The van der Waals surface area contributed by atoms with Crippen molar-refractivity contribution >= 4 is 15.9 Å². The summed E-state index contributed by atoms with van der Waals surface area (Å²) in [5.74, 6) is 0.712. The molecule has 8 heavy (non-hydrogen) atoms. The second kappa shape index (κ2) is 5.14.